The lowest BCUT2D eigenvalue weighted by Crippen LogP contribution is -2.29. The molecule has 3 rings (SSSR count). The Bertz CT molecular complexity index is 693. The summed E-state index contributed by atoms with van der Waals surface area (Å²) in [6.45, 7) is 10.9. The van der Waals surface area contributed by atoms with Gasteiger partial charge < -0.3 is 4.74 Å². The number of allylic oxidation sites excluding steroid dienone is 4. The van der Waals surface area contributed by atoms with Crippen LogP contribution in [0.15, 0.2) is 36.1 Å². The van der Waals surface area contributed by atoms with E-state index in [1.165, 1.54) is 102 Å². The molecular formula is C33H54O2. The van der Waals surface area contributed by atoms with Gasteiger partial charge in [0.05, 0.1) is 5.92 Å². The number of hydrogen-bond donors (Lipinski definition) is 0. The third kappa shape index (κ3) is 8.94. The van der Waals surface area contributed by atoms with Gasteiger partial charge in [0.1, 0.15) is 5.76 Å². The molecule has 0 aromatic carbocycles. The fraction of sp³-hybridized carbons (Fsp3) is 0.788. The Labute approximate surface area is 217 Å². The highest BCUT2D eigenvalue weighted by Gasteiger charge is 2.33. The number of carbonyl (C=O) groups excluding carboxylic acids is 1. The van der Waals surface area contributed by atoms with Crippen LogP contribution >= 0.6 is 0 Å². The van der Waals surface area contributed by atoms with Gasteiger partial charge in [0.15, 0.2) is 0 Å². The molecule has 0 saturated heterocycles. The van der Waals surface area contributed by atoms with Crippen molar-refractivity contribution in [1.29, 1.82) is 0 Å². The first-order valence-electron chi connectivity index (χ1n) is 15.3. The van der Waals surface area contributed by atoms with Crippen LogP contribution in [-0.4, -0.2) is 5.97 Å². The van der Waals surface area contributed by atoms with Gasteiger partial charge >= 0.3 is 5.97 Å². The molecular weight excluding hydrogens is 428 g/mol. The maximum Gasteiger partial charge on any atom is 0.314 e. The van der Waals surface area contributed by atoms with Crippen molar-refractivity contribution in [1.82, 2.24) is 0 Å². The molecule has 0 aliphatic heterocycles. The van der Waals surface area contributed by atoms with Crippen LogP contribution in [0.3, 0.4) is 0 Å². The second-order valence-corrected chi connectivity index (χ2v) is 12.1. The minimum absolute atomic E-state index is 0.0186. The van der Waals surface area contributed by atoms with Crippen LogP contribution in [-0.2, 0) is 9.53 Å². The van der Waals surface area contributed by atoms with Gasteiger partial charge in [-0.1, -0.05) is 77.0 Å². The van der Waals surface area contributed by atoms with Crippen molar-refractivity contribution < 1.29 is 9.53 Å². The fourth-order valence-electron chi connectivity index (χ4n) is 7.21. The van der Waals surface area contributed by atoms with E-state index in [-0.39, 0.29) is 11.9 Å². The van der Waals surface area contributed by atoms with Gasteiger partial charge in [0, 0.05) is 0 Å². The zero-order chi connectivity index (χ0) is 25.0. The summed E-state index contributed by atoms with van der Waals surface area (Å²) in [7, 11) is 0. The number of ether oxygens (including phenoxy) is 1. The van der Waals surface area contributed by atoms with Crippen LogP contribution in [0, 0.1) is 35.5 Å². The monoisotopic (exact) mass is 482 g/mol. The van der Waals surface area contributed by atoms with Crippen LogP contribution in [0.4, 0.5) is 0 Å². The Hall–Kier alpha value is -1.31. The van der Waals surface area contributed by atoms with Crippen LogP contribution in [0.5, 0.6) is 0 Å². The average Bonchev–Trinajstić information content (AvgIpc) is 2.90. The minimum Gasteiger partial charge on any atom is -0.427 e. The van der Waals surface area contributed by atoms with E-state index >= 15 is 0 Å². The number of hydrogen-bond acceptors (Lipinski definition) is 2. The van der Waals surface area contributed by atoms with Gasteiger partial charge in [-0.3, -0.25) is 4.79 Å². The van der Waals surface area contributed by atoms with E-state index in [9.17, 15) is 4.79 Å². The minimum atomic E-state index is -0.0186. The van der Waals surface area contributed by atoms with Gasteiger partial charge in [-0.25, -0.2) is 0 Å². The molecule has 0 aromatic heterocycles. The lowest BCUT2D eigenvalue weighted by molar-refractivity contribution is -0.145. The summed E-state index contributed by atoms with van der Waals surface area (Å²) in [5.74, 6) is 4.97. The van der Waals surface area contributed by atoms with Gasteiger partial charge in [0.25, 0.3) is 0 Å². The molecule has 0 unspecified atom stereocenters. The van der Waals surface area contributed by atoms with E-state index in [1.54, 1.807) is 0 Å². The van der Waals surface area contributed by atoms with Crippen molar-refractivity contribution in [3.05, 3.63) is 36.1 Å². The summed E-state index contributed by atoms with van der Waals surface area (Å²) in [6.07, 6.45) is 28.1. The van der Waals surface area contributed by atoms with E-state index in [1.807, 2.05) is 19.1 Å². The molecule has 0 spiro atoms. The molecule has 3 saturated carbocycles. The number of carbonyl (C=O) groups is 1. The predicted octanol–water partition coefficient (Wildman–Crippen LogP) is 9.96. The summed E-state index contributed by atoms with van der Waals surface area (Å²) in [5.41, 5.74) is 1.20. The first-order valence-corrected chi connectivity index (χ1v) is 15.3. The van der Waals surface area contributed by atoms with Crippen LogP contribution in [0.2, 0.25) is 0 Å². The third-order valence-corrected chi connectivity index (χ3v) is 9.66. The zero-order valence-corrected chi connectivity index (χ0v) is 23.2. The highest BCUT2D eigenvalue weighted by Crippen LogP contribution is 2.42. The van der Waals surface area contributed by atoms with Gasteiger partial charge in [-0.05, 0) is 113 Å². The molecule has 2 nitrogen and oxygen atoms in total. The van der Waals surface area contributed by atoms with E-state index in [0.717, 1.165) is 36.5 Å². The van der Waals surface area contributed by atoms with Crippen molar-refractivity contribution >= 4 is 5.97 Å². The second-order valence-electron chi connectivity index (χ2n) is 12.1. The molecule has 0 bridgehead atoms. The first kappa shape index (κ1) is 28.3. The van der Waals surface area contributed by atoms with Crippen molar-refractivity contribution in [2.45, 2.75) is 130 Å². The lowest BCUT2D eigenvalue weighted by atomic mass is 9.69. The fourth-order valence-corrected chi connectivity index (χ4v) is 7.21. The molecule has 0 radical (unpaired) electrons. The first-order chi connectivity index (χ1) is 17.0. The Morgan fingerprint density at radius 3 is 1.86 bits per heavy atom. The highest BCUT2D eigenvalue weighted by atomic mass is 16.5. The molecule has 3 aliphatic carbocycles. The van der Waals surface area contributed by atoms with E-state index in [2.05, 4.69) is 26.5 Å². The number of unbranched alkanes of at least 4 members (excludes halogenated alkanes) is 1. The van der Waals surface area contributed by atoms with Crippen molar-refractivity contribution in [3.63, 3.8) is 0 Å². The van der Waals surface area contributed by atoms with Crippen LogP contribution in [0.25, 0.3) is 0 Å². The van der Waals surface area contributed by atoms with Crippen molar-refractivity contribution in [2.75, 3.05) is 0 Å². The van der Waals surface area contributed by atoms with Gasteiger partial charge in [-0.15, -0.1) is 0 Å². The standard InChI is InChI=1S/C33H54O2/c1-5-8-10-27-12-16-28(17-13-27)25(4)11-24-32(7-3)35-33(34)31-22-20-30(21-23-31)29-18-14-26(9-6-2)15-19-29/h7,11,24,26-31H,4-6,8-10,12-23H2,1-3H3/b24-11-,32-7+. The Balaban J connectivity index is 1.37. The third-order valence-electron chi connectivity index (χ3n) is 9.66. The Morgan fingerprint density at radius 1 is 0.743 bits per heavy atom. The van der Waals surface area contributed by atoms with E-state index in [0.29, 0.717) is 11.7 Å². The van der Waals surface area contributed by atoms with Crippen LogP contribution in [0.1, 0.15) is 130 Å². The molecule has 0 amide bonds. The zero-order valence-electron chi connectivity index (χ0n) is 23.2. The van der Waals surface area contributed by atoms with Crippen LogP contribution < -0.4 is 0 Å². The second kappa shape index (κ2) is 15.1. The molecule has 3 fully saturated rings. The average molecular weight is 483 g/mol. The maximum atomic E-state index is 12.9. The summed E-state index contributed by atoms with van der Waals surface area (Å²) in [4.78, 5) is 12.9. The predicted molar refractivity (Wildman–Crippen MR) is 149 cm³/mol. The Morgan fingerprint density at radius 2 is 1.29 bits per heavy atom. The molecule has 0 aromatic rings. The van der Waals surface area contributed by atoms with Crippen molar-refractivity contribution in [2.24, 2.45) is 35.5 Å². The lowest BCUT2D eigenvalue weighted by Gasteiger charge is -2.37. The molecule has 198 valence electrons. The summed E-state index contributed by atoms with van der Waals surface area (Å²) < 4.78 is 5.85. The normalized spacial score (nSPS) is 32.5. The smallest absolute Gasteiger partial charge is 0.314 e. The van der Waals surface area contributed by atoms with E-state index in [4.69, 9.17) is 4.74 Å². The maximum absolute atomic E-state index is 12.9. The SMILES string of the molecule is C=C(/C=C\C(=C/C)OC(=O)C1CCC(C2CCC(CCC)CC2)CC1)C1CCC(CCCC)CC1. The molecule has 3 aliphatic rings. The summed E-state index contributed by atoms with van der Waals surface area (Å²) in [5, 5.41) is 0. The quantitative estimate of drug-likeness (QED) is 0.166. The highest BCUT2D eigenvalue weighted by molar-refractivity contribution is 5.74. The number of rotatable bonds is 11. The number of esters is 1. The molecule has 35 heavy (non-hydrogen) atoms. The molecule has 2 heteroatoms. The van der Waals surface area contributed by atoms with E-state index < -0.39 is 0 Å². The largest absolute Gasteiger partial charge is 0.427 e. The Kier molecular flexibility index (Phi) is 12.2. The van der Waals surface area contributed by atoms with Crippen molar-refractivity contribution in [3.8, 4) is 0 Å². The van der Waals surface area contributed by atoms with Gasteiger partial charge in [-0.2, -0.15) is 0 Å². The summed E-state index contributed by atoms with van der Waals surface area (Å²) in [6, 6.07) is 0. The topological polar surface area (TPSA) is 26.3 Å². The summed E-state index contributed by atoms with van der Waals surface area (Å²) >= 11 is 0. The van der Waals surface area contributed by atoms with Gasteiger partial charge in [0.2, 0.25) is 0 Å². The molecule has 0 atom stereocenters. The molecule has 0 heterocycles. The molecule has 0 N–H and O–H groups in total.